The van der Waals surface area contributed by atoms with Crippen LogP contribution in [0.2, 0.25) is 0 Å². The number of nitrogens with one attached hydrogen (secondary N) is 1. The zero-order chi connectivity index (χ0) is 11.7. The summed E-state index contributed by atoms with van der Waals surface area (Å²) in [5.74, 6) is 0.523. The summed E-state index contributed by atoms with van der Waals surface area (Å²) in [5, 5.41) is 2.62. The van der Waals surface area contributed by atoms with E-state index in [0.29, 0.717) is 25.4 Å². The van der Waals surface area contributed by atoms with Gasteiger partial charge in [-0.3, -0.25) is 9.00 Å². The highest BCUT2D eigenvalue weighted by Gasteiger charge is 2.10. The molecule has 0 aromatic rings. The number of hydrogen-bond donors (Lipinski definition) is 2. The summed E-state index contributed by atoms with van der Waals surface area (Å²) in [7, 11) is 0.444. The zero-order valence-corrected chi connectivity index (χ0v) is 10.1. The minimum absolute atomic E-state index is 0.0497. The first-order chi connectivity index (χ1) is 7.10. The van der Waals surface area contributed by atoms with E-state index < -0.39 is 10.8 Å². The van der Waals surface area contributed by atoms with Crippen molar-refractivity contribution in [3.8, 4) is 0 Å². The van der Waals surface area contributed by atoms with E-state index in [0.717, 1.165) is 0 Å². The van der Waals surface area contributed by atoms with Gasteiger partial charge in [-0.05, 0) is 12.5 Å². The molecule has 0 saturated carbocycles. The van der Waals surface area contributed by atoms with Gasteiger partial charge in [-0.15, -0.1) is 0 Å². The number of ether oxygens (including phenoxy) is 1. The number of amides is 1. The maximum Gasteiger partial charge on any atom is 0.232 e. The summed E-state index contributed by atoms with van der Waals surface area (Å²) in [6.07, 6.45) is 0. The van der Waals surface area contributed by atoms with E-state index in [1.807, 2.05) is 6.92 Å². The second kappa shape index (κ2) is 8.82. The van der Waals surface area contributed by atoms with Crippen LogP contribution >= 0.6 is 0 Å². The average Bonchev–Trinajstić information content (AvgIpc) is 2.17. The van der Waals surface area contributed by atoms with Crippen molar-refractivity contribution in [3.63, 3.8) is 0 Å². The molecule has 3 N–H and O–H groups in total. The predicted octanol–water partition coefficient (Wildman–Crippen LogP) is -0.907. The topological polar surface area (TPSA) is 81.4 Å². The molecule has 1 amide bonds. The maximum absolute atomic E-state index is 11.4. The van der Waals surface area contributed by atoms with Crippen LogP contribution < -0.4 is 11.1 Å². The van der Waals surface area contributed by atoms with Crippen molar-refractivity contribution in [2.75, 3.05) is 38.3 Å². The van der Waals surface area contributed by atoms with Crippen molar-refractivity contribution in [1.82, 2.24) is 5.32 Å². The molecule has 0 radical (unpaired) electrons. The fourth-order valence-corrected chi connectivity index (χ4v) is 2.22. The highest BCUT2D eigenvalue weighted by molar-refractivity contribution is 7.85. The van der Waals surface area contributed by atoms with Crippen molar-refractivity contribution in [1.29, 1.82) is 0 Å². The molecule has 0 aromatic heterocycles. The van der Waals surface area contributed by atoms with Crippen LogP contribution in [0.4, 0.5) is 0 Å². The van der Waals surface area contributed by atoms with Crippen molar-refractivity contribution in [2.24, 2.45) is 11.7 Å². The number of hydrogen-bond acceptors (Lipinski definition) is 4. The highest BCUT2D eigenvalue weighted by Crippen LogP contribution is 1.95. The molecule has 0 rings (SSSR count). The fourth-order valence-electron chi connectivity index (χ4n) is 0.934. The zero-order valence-electron chi connectivity index (χ0n) is 9.32. The third-order valence-corrected chi connectivity index (χ3v) is 3.32. The molecule has 0 spiro atoms. The smallest absolute Gasteiger partial charge is 0.232 e. The molecule has 0 saturated heterocycles. The molecular formula is C9H20N2O3S. The van der Waals surface area contributed by atoms with E-state index >= 15 is 0 Å². The Balaban J connectivity index is 3.62. The molecule has 15 heavy (non-hydrogen) atoms. The van der Waals surface area contributed by atoms with Crippen molar-refractivity contribution < 1.29 is 13.7 Å². The minimum Gasteiger partial charge on any atom is -0.383 e. The molecule has 0 aliphatic carbocycles. The Morgan fingerprint density at radius 1 is 1.60 bits per heavy atom. The van der Waals surface area contributed by atoms with E-state index in [1.165, 1.54) is 0 Å². The molecule has 0 fully saturated rings. The second-order valence-electron chi connectivity index (χ2n) is 3.43. The standard InChI is InChI=1S/C9H20N2O3S/c1-8(5-10)6-15(13)7-9(12)11-3-4-14-2/h8H,3-7,10H2,1-2H3,(H,11,12). The lowest BCUT2D eigenvalue weighted by Crippen LogP contribution is -2.32. The third kappa shape index (κ3) is 8.53. The Kier molecular flexibility index (Phi) is 8.55. The molecule has 0 aromatic carbocycles. The van der Waals surface area contributed by atoms with Gasteiger partial charge in [0.15, 0.2) is 0 Å². The van der Waals surface area contributed by atoms with Crippen LogP contribution in [0, 0.1) is 5.92 Å². The van der Waals surface area contributed by atoms with Gasteiger partial charge in [0.05, 0.1) is 6.61 Å². The predicted molar refractivity (Wildman–Crippen MR) is 61.0 cm³/mol. The van der Waals surface area contributed by atoms with E-state index in [1.54, 1.807) is 7.11 Å². The quantitative estimate of drug-likeness (QED) is 0.535. The Morgan fingerprint density at radius 2 is 2.27 bits per heavy atom. The van der Waals surface area contributed by atoms with Crippen LogP contribution in [0.5, 0.6) is 0 Å². The van der Waals surface area contributed by atoms with Crippen molar-refractivity contribution in [2.45, 2.75) is 6.92 Å². The Labute approximate surface area is 93.2 Å². The van der Waals surface area contributed by atoms with Gasteiger partial charge in [0.1, 0.15) is 5.75 Å². The number of methoxy groups -OCH3 is 1. The number of nitrogens with two attached hydrogens (primary N) is 1. The summed E-state index contributed by atoms with van der Waals surface area (Å²) in [5.41, 5.74) is 5.40. The van der Waals surface area contributed by atoms with Crippen molar-refractivity contribution in [3.05, 3.63) is 0 Å². The monoisotopic (exact) mass is 236 g/mol. The molecule has 0 heterocycles. The van der Waals surface area contributed by atoms with Gasteiger partial charge >= 0.3 is 0 Å². The summed E-state index contributed by atoms with van der Waals surface area (Å²) in [4.78, 5) is 11.2. The Bertz CT molecular complexity index is 212. The summed E-state index contributed by atoms with van der Waals surface area (Å²) < 4.78 is 16.2. The lowest BCUT2D eigenvalue weighted by Gasteiger charge is -2.08. The summed E-state index contributed by atoms with van der Waals surface area (Å²) >= 11 is 0. The van der Waals surface area contributed by atoms with E-state index in [2.05, 4.69) is 5.32 Å². The number of rotatable bonds is 8. The van der Waals surface area contributed by atoms with Gasteiger partial charge in [0, 0.05) is 30.2 Å². The van der Waals surface area contributed by atoms with Gasteiger partial charge in [-0.2, -0.15) is 0 Å². The summed E-state index contributed by atoms with van der Waals surface area (Å²) in [6, 6.07) is 0. The van der Waals surface area contributed by atoms with Crippen LogP contribution in [0.3, 0.4) is 0 Å². The fraction of sp³-hybridized carbons (Fsp3) is 0.889. The third-order valence-electron chi connectivity index (χ3n) is 1.79. The van der Waals surface area contributed by atoms with Crippen LogP contribution in [0.1, 0.15) is 6.92 Å². The van der Waals surface area contributed by atoms with Gasteiger partial charge in [-0.25, -0.2) is 0 Å². The molecule has 0 aliphatic rings. The van der Waals surface area contributed by atoms with Gasteiger partial charge in [0.25, 0.3) is 0 Å². The molecule has 90 valence electrons. The Morgan fingerprint density at radius 3 is 2.80 bits per heavy atom. The average molecular weight is 236 g/mol. The molecule has 2 atom stereocenters. The maximum atomic E-state index is 11.4. The van der Waals surface area contributed by atoms with Crippen LogP contribution in [0.25, 0.3) is 0 Å². The highest BCUT2D eigenvalue weighted by atomic mass is 32.2. The van der Waals surface area contributed by atoms with Crippen LogP contribution in [-0.4, -0.2) is 48.4 Å². The first-order valence-electron chi connectivity index (χ1n) is 4.90. The first-order valence-corrected chi connectivity index (χ1v) is 6.39. The van der Waals surface area contributed by atoms with E-state index in [9.17, 15) is 9.00 Å². The lowest BCUT2D eigenvalue weighted by molar-refractivity contribution is -0.118. The Hall–Kier alpha value is -0.460. The largest absolute Gasteiger partial charge is 0.383 e. The molecule has 0 bridgehead atoms. The molecular weight excluding hydrogens is 216 g/mol. The van der Waals surface area contributed by atoms with Crippen LogP contribution in [0.15, 0.2) is 0 Å². The normalized spacial score (nSPS) is 14.6. The number of carbonyl (C=O) groups is 1. The summed E-state index contributed by atoms with van der Waals surface area (Å²) in [6.45, 7) is 3.34. The van der Waals surface area contributed by atoms with E-state index in [4.69, 9.17) is 10.5 Å². The minimum atomic E-state index is -1.12. The molecule has 0 aliphatic heterocycles. The van der Waals surface area contributed by atoms with Gasteiger partial charge in [0.2, 0.25) is 5.91 Å². The van der Waals surface area contributed by atoms with Gasteiger partial charge < -0.3 is 15.8 Å². The first kappa shape index (κ1) is 14.5. The lowest BCUT2D eigenvalue weighted by atomic mass is 10.2. The molecule has 6 heteroatoms. The molecule has 2 unspecified atom stereocenters. The second-order valence-corrected chi connectivity index (χ2v) is 4.94. The SMILES string of the molecule is COCCNC(=O)CS(=O)CC(C)CN. The van der Waals surface area contributed by atoms with E-state index in [-0.39, 0.29) is 17.6 Å². The van der Waals surface area contributed by atoms with Gasteiger partial charge in [-0.1, -0.05) is 6.92 Å². The number of carbonyl (C=O) groups excluding carboxylic acids is 1. The van der Waals surface area contributed by atoms with Crippen LogP contribution in [-0.2, 0) is 20.3 Å². The molecule has 5 nitrogen and oxygen atoms in total. The van der Waals surface area contributed by atoms with Crippen molar-refractivity contribution >= 4 is 16.7 Å².